The van der Waals surface area contributed by atoms with Crippen LogP contribution in [0.2, 0.25) is 0 Å². The molecule has 0 spiro atoms. The van der Waals surface area contributed by atoms with Crippen molar-refractivity contribution >= 4 is 17.2 Å². The third kappa shape index (κ3) is 7.55. The number of hydrogen-bond donors (Lipinski definition) is 4. The van der Waals surface area contributed by atoms with Crippen molar-refractivity contribution in [1.29, 1.82) is 0 Å². The van der Waals surface area contributed by atoms with Gasteiger partial charge in [-0.3, -0.25) is 4.79 Å². The number of carbonyl (C=O) groups excluding carboxylic acids is 1. The Morgan fingerprint density at radius 2 is 1.76 bits per heavy atom. The van der Waals surface area contributed by atoms with Gasteiger partial charge in [0.15, 0.2) is 0 Å². The standard InChI is InChI=1S/C33H32F2N4O2S/c1-2-21-5-3-6-22(11-21)19-36-20-31(40)30(14-23-12-27(34)18-28(35)13-23)39-32(41)25-15-24(29-7-4-8-37-29)16-26(17-25)33-38-9-10-42-33/h3-13,15-18,30-31,36-37,40H,2,14,19-20H2,1H3,(H,39,41)/t30-,31+/m0/s1. The minimum atomic E-state index is -1.04. The number of aromatic nitrogens is 2. The van der Waals surface area contributed by atoms with Crippen LogP contribution in [0.1, 0.15) is 34.0 Å². The number of amides is 1. The van der Waals surface area contributed by atoms with Crippen LogP contribution in [0.15, 0.2) is 90.6 Å². The molecule has 0 saturated heterocycles. The minimum Gasteiger partial charge on any atom is -0.390 e. The summed E-state index contributed by atoms with van der Waals surface area (Å²) in [7, 11) is 0. The van der Waals surface area contributed by atoms with Crippen molar-refractivity contribution in [3.05, 3.63) is 124 Å². The number of thiazole rings is 1. The first-order valence-corrected chi connectivity index (χ1v) is 14.7. The highest BCUT2D eigenvalue weighted by atomic mass is 32.1. The second-order valence-electron chi connectivity index (χ2n) is 10.2. The second kappa shape index (κ2) is 13.7. The average Bonchev–Trinajstić information content (AvgIpc) is 3.72. The predicted octanol–water partition coefficient (Wildman–Crippen LogP) is 6.14. The number of nitrogens with zero attached hydrogens (tertiary/aromatic N) is 1. The summed E-state index contributed by atoms with van der Waals surface area (Å²) in [6, 6.07) is 19.8. The van der Waals surface area contributed by atoms with Crippen molar-refractivity contribution in [2.24, 2.45) is 0 Å². The molecule has 6 nitrogen and oxygen atoms in total. The van der Waals surface area contributed by atoms with E-state index in [1.165, 1.54) is 29.0 Å². The number of halogens is 2. The summed E-state index contributed by atoms with van der Waals surface area (Å²) < 4.78 is 28.0. The lowest BCUT2D eigenvalue weighted by atomic mass is 9.99. The van der Waals surface area contributed by atoms with Gasteiger partial charge < -0.3 is 20.7 Å². The number of aliphatic hydroxyl groups excluding tert-OH is 1. The lowest BCUT2D eigenvalue weighted by Crippen LogP contribution is -2.48. The summed E-state index contributed by atoms with van der Waals surface area (Å²) in [4.78, 5) is 21.2. The molecule has 42 heavy (non-hydrogen) atoms. The lowest BCUT2D eigenvalue weighted by molar-refractivity contribution is 0.0830. The minimum absolute atomic E-state index is 0.0320. The van der Waals surface area contributed by atoms with E-state index in [4.69, 9.17) is 0 Å². The number of hydrogen-bond acceptors (Lipinski definition) is 5. The van der Waals surface area contributed by atoms with Crippen LogP contribution in [-0.4, -0.2) is 39.7 Å². The molecule has 3 aromatic carbocycles. The van der Waals surface area contributed by atoms with E-state index in [0.717, 1.165) is 39.9 Å². The fourth-order valence-corrected chi connectivity index (χ4v) is 5.52. The summed E-state index contributed by atoms with van der Waals surface area (Å²) in [5.74, 6) is -1.85. The number of aliphatic hydroxyl groups is 1. The van der Waals surface area contributed by atoms with Gasteiger partial charge in [0, 0.05) is 53.8 Å². The Hall–Kier alpha value is -4.18. The highest BCUT2D eigenvalue weighted by Gasteiger charge is 2.24. The molecule has 0 radical (unpaired) electrons. The molecule has 2 heterocycles. The van der Waals surface area contributed by atoms with Crippen LogP contribution < -0.4 is 10.6 Å². The largest absolute Gasteiger partial charge is 0.390 e. The van der Waals surface area contributed by atoms with Gasteiger partial charge in [0.25, 0.3) is 5.91 Å². The molecule has 2 aromatic heterocycles. The van der Waals surface area contributed by atoms with E-state index in [0.29, 0.717) is 17.7 Å². The first-order valence-electron chi connectivity index (χ1n) is 13.8. The van der Waals surface area contributed by atoms with E-state index >= 15 is 0 Å². The van der Waals surface area contributed by atoms with Crippen LogP contribution in [0.25, 0.3) is 21.8 Å². The van der Waals surface area contributed by atoms with Gasteiger partial charge in [0.1, 0.15) is 16.6 Å². The molecule has 0 aliphatic heterocycles. The summed E-state index contributed by atoms with van der Waals surface area (Å²) in [6.45, 7) is 2.77. The van der Waals surface area contributed by atoms with Crippen molar-refractivity contribution in [3.63, 3.8) is 0 Å². The van der Waals surface area contributed by atoms with E-state index < -0.39 is 29.7 Å². The van der Waals surface area contributed by atoms with Gasteiger partial charge in [-0.25, -0.2) is 13.8 Å². The van der Waals surface area contributed by atoms with Crippen LogP contribution in [0.3, 0.4) is 0 Å². The first-order chi connectivity index (χ1) is 20.4. The predicted molar refractivity (Wildman–Crippen MR) is 162 cm³/mol. The van der Waals surface area contributed by atoms with Crippen molar-refractivity contribution in [2.45, 2.75) is 38.5 Å². The number of carbonyl (C=O) groups is 1. The zero-order valence-electron chi connectivity index (χ0n) is 23.1. The smallest absolute Gasteiger partial charge is 0.251 e. The quantitative estimate of drug-likeness (QED) is 0.141. The van der Waals surface area contributed by atoms with Crippen LogP contribution in [-0.2, 0) is 19.4 Å². The fourth-order valence-electron chi connectivity index (χ4n) is 4.90. The zero-order chi connectivity index (χ0) is 29.5. The molecule has 216 valence electrons. The van der Waals surface area contributed by atoms with Gasteiger partial charge in [-0.05, 0) is 77.6 Å². The number of rotatable bonds is 12. The molecule has 4 N–H and O–H groups in total. The lowest BCUT2D eigenvalue weighted by Gasteiger charge is -2.25. The highest BCUT2D eigenvalue weighted by Crippen LogP contribution is 2.29. The van der Waals surface area contributed by atoms with Crippen LogP contribution in [0.5, 0.6) is 0 Å². The Kier molecular flexibility index (Phi) is 9.53. The summed E-state index contributed by atoms with van der Waals surface area (Å²) in [5, 5.41) is 20.0. The third-order valence-corrected chi connectivity index (χ3v) is 7.85. The van der Waals surface area contributed by atoms with E-state index in [1.54, 1.807) is 24.5 Å². The first kappa shape index (κ1) is 29.3. The second-order valence-corrected chi connectivity index (χ2v) is 11.0. The molecule has 0 bridgehead atoms. The maximum atomic E-state index is 14.0. The topological polar surface area (TPSA) is 90.0 Å². The molecule has 2 atom stereocenters. The molecule has 0 aliphatic carbocycles. The van der Waals surface area contributed by atoms with Gasteiger partial charge in [0.05, 0.1) is 12.1 Å². The maximum Gasteiger partial charge on any atom is 0.251 e. The molecule has 5 rings (SSSR count). The molecule has 0 aliphatic rings. The van der Waals surface area contributed by atoms with Gasteiger partial charge in [0.2, 0.25) is 0 Å². The van der Waals surface area contributed by atoms with E-state index in [2.05, 4.69) is 39.7 Å². The van der Waals surface area contributed by atoms with E-state index in [9.17, 15) is 18.7 Å². The van der Waals surface area contributed by atoms with Gasteiger partial charge in [-0.1, -0.05) is 31.2 Å². The molecule has 0 fully saturated rings. The molecule has 1 amide bonds. The summed E-state index contributed by atoms with van der Waals surface area (Å²) in [6.07, 6.45) is 3.42. The average molecular weight is 587 g/mol. The van der Waals surface area contributed by atoms with Crippen LogP contribution in [0, 0.1) is 11.6 Å². The van der Waals surface area contributed by atoms with Crippen LogP contribution >= 0.6 is 11.3 Å². The van der Waals surface area contributed by atoms with E-state index in [-0.39, 0.29) is 13.0 Å². The van der Waals surface area contributed by atoms with Gasteiger partial charge >= 0.3 is 0 Å². The Morgan fingerprint density at radius 1 is 0.976 bits per heavy atom. The molecule has 9 heteroatoms. The third-order valence-electron chi connectivity index (χ3n) is 7.02. The number of H-pyrrole nitrogens is 1. The van der Waals surface area contributed by atoms with Crippen molar-refractivity contribution in [3.8, 4) is 21.8 Å². The van der Waals surface area contributed by atoms with E-state index in [1.807, 2.05) is 35.7 Å². The Morgan fingerprint density at radius 3 is 2.48 bits per heavy atom. The Bertz CT molecular complexity index is 1550. The number of nitrogens with one attached hydrogen (secondary N) is 3. The van der Waals surface area contributed by atoms with Gasteiger partial charge in [-0.15, -0.1) is 11.3 Å². The zero-order valence-corrected chi connectivity index (χ0v) is 23.9. The highest BCUT2D eigenvalue weighted by molar-refractivity contribution is 7.13. The van der Waals surface area contributed by atoms with Crippen molar-refractivity contribution < 1.29 is 18.7 Å². The maximum absolute atomic E-state index is 14.0. The summed E-state index contributed by atoms with van der Waals surface area (Å²) >= 11 is 1.46. The number of aromatic amines is 1. The molecule has 0 unspecified atom stereocenters. The molecule has 5 aromatic rings. The monoisotopic (exact) mass is 586 g/mol. The number of aryl methyl sites for hydroxylation is 1. The van der Waals surface area contributed by atoms with Crippen molar-refractivity contribution in [2.75, 3.05) is 6.54 Å². The Balaban J connectivity index is 1.38. The fraction of sp³-hybridized carbons (Fsp3) is 0.212. The normalized spacial score (nSPS) is 12.7. The van der Waals surface area contributed by atoms with Crippen LogP contribution in [0.4, 0.5) is 8.78 Å². The Labute approximate surface area is 247 Å². The van der Waals surface area contributed by atoms with Gasteiger partial charge in [-0.2, -0.15) is 0 Å². The number of benzene rings is 3. The van der Waals surface area contributed by atoms with Crippen molar-refractivity contribution in [1.82, 2.24) is 20.6 Å². The molecular formula is C33H32F2N4O2S. The SMILES string of the molecule is CCc1cccc(CNC[C@@H](O)[C@H](Cc2cc(F)cc(F)c2)NC(=O)c2cc(-c3ccc[nH]3)cc(-c3nccs3)c2)c1. The molecule has 0 saturated carbocycles. The summed E-state index contributed by atoms with van der Waals surface area (Å²) in [5.41, 5.74) is 5.42. The molecular weight excluding hydrogens is 554 g/mol.